The highest BCUT2D eigenvalue weighted by molar-refractivity contribution is 6.42. The van der Waals surface area contributed by atoms with Gasteiger partial charge in [0.1, 0.15) is 18.5 Å². The molecule has 0 unspecified atom stereocenters. The highest BCUT2D eigenvalue weighted by Gasteiger charge is 2.07. The lowest BCUT2D eigenvalue weighted by Gasteiger charge is -2.07. The van der Waals surface area contributed by atoms with E-state index in [-0.39, 0.29) is 12.5 Å². The van der Waals surface area contributed by atoms with Crippen LogP contribution >= 0.6 is 23.2 Å². The van der Waals surface area contributed by atoms with E-state index in [9.17, 15) is 4.79 Å². The zero-order valence-corrected chi connectivity index (χ0v) is 12.3. The molecule has 1 aromatic heterocycles. The number of nitrogens with one attached hydrogen (secondary N) is 1. The van der Waals surface area contributed by atoms with Crippen LogP contribution in [0.25, 0.3) is 0 Å². The second-order valence-electron chi connectivity index (χ2n) is 4.17. The van der Waals surface area contributed by atoms with Crippen molar-refractivity contribution in [2.45, 2.75) is 0 Å². The molecule has 2 rings (SSSR count). The molecule has 1 aromatic carbocycles. The SMILES string of the molecule is C[n+]1cccc(NC(=O)COc2ccc(Cl)c(Cl)c2)c1. The van der Waals surface area contributed by atoms with Crippen LogP contribution < -0.4 is 14.6 Å². The van der Waals surface area contributed by atoms with Gasteiger partial charge in [-0.1, -0.05) is 23.2 Å². The van der Waals surface area contributed by atoms with E-state index < -0.39 is 0 Å². The van der Waals surface area contributed by atoms with Crippen LogP contribution in [-0.4, -0.2) is 12.5 Å². The Kier molecular flexibility index (Phi) is 4.82. The Labute approximate surface area is 126 Å². The Hall–Kier alpha value is -1.78. The average molecular weight is 312 g/mol. The molecular weight excluding hydrogens is 299 g/mol. The van der Waals surface area contributed by atoms with Crippen molar-refractivity contribution >= 4 is 34.8 Å². The summed E-state index contributed by atoms with van der Waals surface area (Å²) in [5.74, 6) is 0.246. The average Bonchev–Trinajstić information content (AvgIpc) is 2.40. The van der Waals surface area contributed by atoms with Crippen molar-refractivity contribution in [3.8, 4) is 5.75 Å². The van der Waals surface area contributed by atoms with Gasteiger partial charge in [-0.15, -0.1) is 0 Å². The first-order valence-corrected chi connectivity index (χ1v) is 6.63. The van der Waals surface area contributed by atoms with Crippen LogP contribution in [-0.2, 0) is 11.8 Å². The van der Waals surface area contributed by atoms with Gasteiger partial charge in [-0.05, 0) is 18.2 Å². The molecule has 20 heavy (non-hydrogen) atoms. The Morgan fingerprint density at radius 3 is 2.80 bits per heavy atom. The number of benzene rings is 1. The van der Waals surface area contributed by atoms with Crippen LogP contribution in [0, 0.1) is 0 Å². The summed E-state index contributed by atoms with van der Waals surface area (Å²) in [7, 11) is 1.88. The van der Waals surface area contributed by atoms with Gasteiger partial charge in [0.15, 0.2) is 19.0 Å². The highest BCUT2D eigenvalue weighted by Crippen LogP contribution is 2.26. The second kappa shape index (κ2) is 6.59. The maximum Gasteiger partial charge on any atom is 0.262 e. The quantitative estimate of drug-likeness (QED) is 0.882. The van der Waals surface area contributed by atoms with Crippen molar-refractivity contribution in [2.24, 2.45) is 7.05 Å². The summed E-state index contributed by atoms with van der Waals surface area (Å²) in [6.07, 6.45) is 3.68. The number of aromatic nitrogens is 1. The van der Waals surface area contributed by atoms with Crippen molar-refractivity contribution in [1.82, 2.24) is 0 Å². The molecule has 0 aliphatic heterocycles. The molecule has 104 valence electrons. The van der Waals surface area contributed by atoms with Crippen LogP contribution in [0.1, 0.15) is 0 Å². The number of nitrogens with zero attached hydrogens (tertiary/aromatic N) is 1. The maximum atomic E-state index is 11.7. The minimum absolute atomic E-state index is 0.101. The third-order valence-electron chi connectivity index (χ3n) is 2.48. The van der Waals surface area contributed by atoms with Gasteiger partial charge >= 0.3 is 0 Å². The first kappa shape index (κ1) is 14.6. The molecule has 6 heteroatoms. The minimum Gasteiger partial charge on any atom is -0.484 e. The summed E-state index contributed by atoms with van der Waals surface area (Å²) >= 11 is 11.7. The lowest BCUT2D eigenvalue weighted by molar-refractivity contribution is -0.670. The summed E-state index contributed by atoms with van der Waals surface area (Å²) in [6.45, 7) is -0.101. The number of carbonyl (C=O) groups excluding carboxylic acids is 1. The lowest BCUT2D eigenvalue weighted by atomic mass is 10.3. The molecule has 1 N–H and O–H groups in total. The van der Waals surface area contributed by atoms with E-state index in [2.05, 4.69) is 5.32 Å². The number of halogens is 2. The number of ether oxygens (including phenoxy) is 1. The molecule has 0 fully saturated rings. The van der Waals surface area contributed by atoms with Crippen molar-refractivity contribution in [3.05, 3.63) is 52.8 Å². The molecular formula is C14H13Cl2N2O2+. The van der Waals surface area contributed by atoms with E-state index in [1.54, 1.807) is 30.5 Å². The highest BCUT2D eigenvalue weighted by atomic mass is 35.5. The molecule has 1 amide bonds. The molecule has 0 atom stereocenters. The number of carbonyl (C=O) groups is 1. The number of rotatable bonds is 4. The third kappa shape index (κ3) is 4.11. The summed E-state index contributed by atoms with van der Waals surface area (Å²) in [5, 5.41) is 3.57. The largest absolute Gasteiger partial charge is 0.484 e. The Balaban J connectivity index is 1.90. The molecule has 0 radical (unpaired) electrons. The summed E-state index contributed by atoms with van der Waals surface area (Å²) < 4.78 is 7.19. The first-order chi connectivity index (χ1) is 9.54. The first-order valence-electron chi connectivity index (χ1n) is 5.87. The van der Waals surface area contributed by atoms with Gasteiger partial charge in [0.05, 0.1) is 10.0 Å². The Morgan fingerprint density at radius 2 is 2.10 bits per heavy atom. The molecule has 0 saturated carbocycles. The molecule has 0 aliphatic carbocycles. The minimum atomic E-state index is -0.248. The number of amides is 1. The van der Waals surface area contributed by atoms with Crippen molar-refractivity contribution in [3.63, 3.8) is 0 Å². The molecule has 0 bridgehead atoms. The van der Waals surface area contributed by atoms with Gasteiger partial charge < -0.3 is 10.1 Å². The monoisotopic (exact) mass is 311 g/mol. The third-order valence-corrected chi connectivity index (χ3v) is 3.22. The fourth-order valence-electron chi connectivity index (χ4n) is 1.57. The van der Waals surface area contributed by atoms with Gasteiger partial charge in [0.2, 0.25) is 0 Å². The van der Waals surface area contributed by atoms with Gasteiger partial charge in [-0.2, -0.15) is 0 Å². The van der Waals surface area contributed by atoms with Crippen LogP contribution in [0.15, 0.2) is 42.7 Å². The van der Waals surface area contributed by atoms with Gasteiger partial charge in [-0.3, -0.25) is 4.79 Å². The van der Waals surface area contributed by atoms with E-state index in [0.717, 1.165) is 0 Å². The molecule has 0 saturated heterocycles. The number of hydrogen-bond donors (Lipinski definition) is 1. The fraction of sp³-hybridized carbons (Fsp3) is 0.143. The molecule has 4 nitrogen and oxygen atoms in total. The number of hydrogen-bond acceptors (Lipinski definition) is 2. The summed E-state index contributed by atoms with van der Waals surface area (Å²) in [6, 6.07) is 8.49. The zero-order chi connectivity index (χ0) is 14.5. The lowest BCUT2D eigenvalue weighted by Crippen LogP contribution is -2.28. The smallest absolute Gasteiger partial charge is 0.262 e. The van der Waals surface area contributed by atoms with Crippen LogP contribution in [0.2, 0.25) is 10.0 Å². The number of anilines is 1. The van der Waals surface area contributed by atoms with Crippen molar-refractivity contribution in [2.75, 3.05) is 11.9 Å². The van der Waals surface area contributed by atoms with Gasteiger partial charge in [0.25, 0.3) is 5.91 Å². The molecule has 0 aliphatic rings. The zero-order valence-electron chi connectivity index (χ0n) is 10.8. The number of pyridine rings is 1. The Bertz CT molecular complexity index is 632. The van der Waals surface area contributed by atoms with E-state index in [1.165, 1.54) is 0 Å². The van der Waals surface area contributed by atoms with Crippen LogP contribution in [0.4, 0.5) is 5.69 Å². The predicted molar refractivity (Wildman–Crippen MR) is 78.2 cm³/mol. The molecule has 0 spiro atoms. The Morgan fingerprint density at radius 1 is 1.30 bits per heavy atom. The predicted octanol–water partition coefficient (Wildman–Crippen LogP) is 2.84. The normalized spacial score (nSPS) is 10.2. The van der Waals surface area contributed by atoms with E-state index in [4.69, 9.17) is 27.9 Å². The van der Waals surface area contributed by atoms with Gasteiger partial charge in [-0.25, -0.2) is 4.57 Å². The molecule has 2 aromatic rings. The van der Waals surface area contributed by atoms with Gasteiger partial charge in [0, 0.05) is 12.1 Å². The standard InChI is InChI=1S/C14H12Cl2N2O2/c1-18-6-2-3-10(8-18)17-14(19)9-20-11-4-5-12(15)13(16)7-11/h2-8H,9H2,1H3/p+1. The van der Waals surface area contributed by atoms with E-state index >= 15 is 0 Å². The van der Waals surface area contributed by atoms with E-state index in [0.29, 0.717) is 21.5 Å². The summed E-state index contributed by atoms with van der Waals surface area (Å²) in [4.78, 5) is 11.7. The van der Waals surface area contributed by atoms with Crippen LogP contribution in [0.5, 0.6) is 5.75 Å². The molecule has 1 heterocycles. The van der Waals surface area contributed by atoms with Crippen LogP contribution in [0.3, 0.4) is 0 Å². The number of aryl methyl sites for hydroxylation is 1. The summed E-state index contributed by atoms with van der Waals surface area (Å²) in [5.41, 5.74) is 0.706. The fourth-order valence-corrected chi connectivity index (χ4v) is 1.86. The van der Waals surface area contributed by atoms with E-state index in [1.807, 2.05) is 23.9 Å². The van der Waals surface area contributed by atoms with Crippen molar-refractivity contribution < 1.29 is 14.1 Å². The topological polar surface area (TPSA) is 42.2 Å². The van der Waals surface area contributed by atoms with Crippen molar-refractivity contribution in [1.29, 1.82) is 0 Å². The maximum absolute atomic E-state index is 11.7. The second-order valence-corrected chi connectivity index (χ2v) is 4.99.